The van der Waals surface area contributed by atoms with E-state index in [0.29, 0.717) is 12.2 Å². The van der Waals surface area contributed by atoms with E-state index in [4.69, 9.17) is 10.9 Å². The summed E-state index contributed by atoms with van der Waals surface area (Å²) in [6.07, 6.45) is 0. The number of halogens is 1. The lowest BCUT2D eigenvalue weighted by Gasteiger charge is -2.20. The molecule has 5 nitrogen and oxygen atoms in total. The fraction of sp³-hybridized carbons (Fsp3) is 0.167. The number of benzene rings is 1. The molecule has 8 heteroatoms. The maximum Gasteiger partial charge on any atom is 0.238 e. The lowest BCUT2D eigenvalue weighted by atomic mass is 10.2. The highest BCUT2D eigenvalue weighted by Crippen LogP contribution is 2.28. The van der Waals surface area contributed by atoms with E-state index in [2.05, 4.69) is 15.9 Å². The van der Waals surface area contributed by atoms with Gasteiger partial charge in [0.25, 0.3) is 0 Å². The van der Waals surface area contributed by atoms with Crippen LogP contribution in [-0.2, 0) is 16.6 Å². The molecular formula is C12H14BrN3O2S2. The first-order valence-corrected chi connectivity index (χ1v) is 8.85. The molecule has 0 amide bonds. The van der Waals surface area contributed by atoms with Gasteiger partial charge in [0.15, 0.2) is 0 Å². The largest absolute Gasteiger partial charge is 0.397 e. The molecule has 0 saturated carbocycles. The first-order valence-electron chi connectivity index (χ1n) is 5.64. The summed E-state index contributed by atoms with van der Waals surface area (Å²) in [7, 11) is -1.83. The topological polar surface area (TPSA) is 89.4 Å². The summed E-state index contributed by atoms with van der Waals surface area (Å²) in [4.78, 5) is 3.15. The van der Waals surface area contributed by atoms with Crippen molar-refractivity contribution in [2.75, 3.05) is 17.7 Å². The van der Waals surface area contributed by atoms with Gasteiger partial charge in [-0.25, -0.2) is 13.6 Å². The Morgan fingerprint density at radius 3 is 2.55 bits per heavy atom. The lowest BCUT2D eigenvalue weighted by Crippen LogP contribution is -2.18. The minimum atomic E-state index is -3.73. The van der Waals surface area contributed by atoms with Gasteiger partial charge >= 0.3 is 0 Å². The van der Waals surface area contributed by atoms with Crippen LogP contribution in [0.2, 0.25) is 0 Å². The fourth-order valence-electron chi connectivity index (χ4n) is 1.81. The molecule has 0 spiro atoms. The highest BCUT2D eigenvalue weighted by Gasteiger charge is 2.13. The molecular weight excluding hydrogens is 362 g/mol. The Morgan fingerprint density at radius 2 is 2.05 bits per heavy atom. The molecule has 0 aliphatic heterocycles. The van der Waals surface area contributed by atoms with Gasteiger partial charge in [0.1, 0.15) is 0 Å². The van der Waals surface area contributed by atoms with Crippen molar-refractivity contribution in [3.8, 4) is 0 Å². The first kappa shape index (κ1) is 15.3. The van der Waals surface area contributed by atoms with Gasteiger partial charge in [-0.1, -0.05) is 0 Å². The van der Waals surface area contributed by atoms with Gasteiger partial charge in [0.05, 0.1) is 22.8 Å². The summed E-state index contributed by atoms with van der Waals surface area (Å²) >= 11 is 5.05. The molecule has 2 aromatic rings. The number of nitrogens with zero attached hydrogens (tertiary/aromatic N) is 1. The molecule has 108 valence electrons. The average molecular weight is 376 g/mol. The normalized spacial score (nSPS) is 11.6. The van der Waals surface area contributed by atoms with Gasteiger partial charge in [-0.2, -0.15) is 0 Å². The molecule has 0 saturated heterocycles. The summed E-state index contributed by atoms with van der Waals surface area (Å²) in [5.41, 5.74) is 7.06. The summed E-state index contributed by atoms with van der Waals surface area (Å²) in [5, 5.41) is 7.09. The number of anilines is 2. The van der Waals surface area contributed by atoms with Crippen molar-refractivity contribution in [1.82, 2.24) is 0 Å². The Kier molecular flexibility index (Phi) is 4.38. The van der Waals surface area contributed by atoms with Gasteiger partial charge in [0.2, 0.25) is 10.0 Å². The molecule has 0 unspecified atom stereocenters. The van der Waals surface area contributed by atoms with E-state index in [-0.39, 0.29) is 4.90 Å². The Balaban J connectivity index is 2.24. The number of primary sulfonamides is 1. The maximum absolute atomic E-state index is 11.3. The van der Waals surface area contributed by atoms with E-state index in [1.807, 2.05) is 23.4 Å². The van der Waals surface area contributed by atoms with Crippen molar-refractivity contribution in [3.05, 3.63) is 39.0 Å². The van der Waals surface area contributed by atoms with Crippen LogP contribution in [0.25, 0.3) is 0 Å². The standard InChI is InChI=1S/C12H14BrN3O2S2/c1-16(6-9-4-8(13)7-19-9)12-3-2-10(5-11(12)14)20(15,17)18/h2-5,7H,6,14H2,1H3,(H2,15,17,18). The molecule has 1 aromatic heterocycles. The molecule has 0 aliphatic carbocycles. The number of hydrogen-bond donors (Lipinski definition) is 2. The first-order chi connectivity index (χ1) is 9.27. The third kappa shape index (κ3) is 3.51. The monoisotopic (exact) mass is 375 g/mol. The number of sulfonamides is 1. The minimum absolute atomic E-state index is 0.0195. The van der Waals surface area contributed by atoms with E-state index < -0.39 is 10.0 Å². The number of rotatable bonds is 4. The summed E-state index contributed by atoms with van der Waals surface area (Å²) in [6, 6.07) is 6.54. The van der Waals surface area contributed by atoms with Crippen LogP contribution in [0, 0.1) is 0 Å². The molecule has 0 fully saturated rings. The highest BCUT2D eigenvalue weighted by molar-refractivity contribution is 9.10. The van der Waals surface area contributed by atoms with E-state index in [9.17, 15) is 8.42 Å². The van der Waals surface area contributed by atoms with E-state index in [0.717, 1.165) is 10.2 Å². The molecule has 4 N–H and O–H groups in total. The summed E-state index contributed by atoms with van der Waals surface area (Å²) in [5.74, 6) is 0. The van der Waals surface area contributed by atoms with Crippen LogP contribution >= 0.6 is 27.3 Å². The number of hydrogen-bond acceptors (Lipinski definition) is 5. The number of thiophene rings is 1. The second-order valence-electron chi connectivity index (χ2n) is 4.35. The predicted molar refractivity (Wildman–Crippen MR) is 86.4 cm³/mol. The quantitative estimate of drug-likeness (QED) is 0.802. The molecule has 0 radical (unpaired) electrons. The van der Waals surface area contributed by atoms with Crippen LogP contribution in [0.4, 0.5) is 11.4 Å². The van der Waals surface area contributed by atoms with Crippen LogP contribution in [0.3, 0.4) is 0 Å². The van der Waals surface area contributed by atoms with Crippen LogP contribution < -0.4 is 15.8 Å². The van der Waals surface area contributed by atoms with Crippen molar-refractivity contribution < 1.29 is 8.42 Å². The van der Waals surface area contributed by atoms with Gasteiger partial charge in [-0.05, 0) is 40.2 Å². The van der Waals surface area contributed by atoms with Crippen LogP contribution in [0.15, 0.2) is 39.0 Å². The van der Waals surface area contributed by atoms with E-state index in [1.54, 1.807) is 17.4 Å². The zero-order valence-electron chi connectivity index (χ0n) is 10.7. The van der Waals surface area contributed by atoms with Crippen molar-refractivity contribution in [2.24, 2.45) is 5.14 Å². The molecule has 0 bridgehead atoms. The Morgan fingerprint density at radius 1 is 1.35 bits per heavy atom. The van der Waals surface area contributed by atoms with Crippen molar-refractivity contribution >= 4 is 48.7 Å². The Hall–Kier alpha value is -1.09. The molecule has 0 aliphatic rings. The lowest BCUT2D eigenvalue weighted by molar-refractivity contribution is 0.598. The Bertz CT molecular complexity index is 728. The van der Waals surface area contributed by atoms with Gasteiger partial charge in [-0.15, -0.1) is 11.3 Å². The second-order valence-corrected chi connectivity index (χ2v) is 7.83. The smallest absolute Gasteiger partial charge is 0.238 e. The zero-order chi connectivity index (χ0) is 14.9. The SMILES string of the molecule is CN(Cc1cc(Br)cs1)c1ccc(S(N)(=O)=O)cc1N. The van der Waals surface area contributed by atoms with Crippen molar-refractivity contribution in [3.63, 3.8) is 0 Å². The fourth-order valence-corrected chi connectivity index (χ4v) is 3.87. The van der Waals surface area contributed by atoms with Crippen LogP contribution in [0.5, 0.6) is 0 Å². The van der Waals surface area contributed by atoms with E-state index >= 15 is 0 Å². The summed E-state index contributed by atoms with van der Waals surface area (Å²) < 4.78 is 23.6. The van der Waals surface area contributed by atoms with Crippen LogP contribution in [-0.4, -0.2) is 15.5 Å². The van der Waals surface area contributed by atoms with Crippen LogP contribution in [0.1, 0.15) is 4.88 Å². The molecule has 2 rings (SSSR count). The highest BCUT2D eigenvalue weighted by atomic mass is 79.9. The van der Waals surface area contributed by atoms with E-state index in [1.165, 1.54) is 17.0 Å². The van der Waals surface area contributed by atoms with Gasteiger partial charge in [-0.3, -0.25) is 0 Å². The number of nitrogen functional groups attached to an aromatic ring is 1. The Labute approximate surface area is 130 Å². The second kappa shape index (κ2) is 5.72. The van der Waals surface area contributed by atoms with Crippen molar-refractivity contribution in [2.45, 2.75) is 11.4 Å². The third-order valence-electron chi connectivity index (χ3n) is 2.75. The number of nitrogens with two attached hydrogens (primary N) is 2. The zero-order valence-corrected chi connectivity index (χ0v) is 13.9. The molecule has 1 heterocycles. The summed E-state index contributed by atoms with van der Waals surface area (Å²) in [6.45, 7) is 0.690. The predicted octanol–water partition coefficient (Wildman–Crippen LogP) is 2.38. The molecule has 20 heavy (non-hydrogen) atoms. The molecule has 0 atom stereocenters. The van der Waals surface area contributed by atoms with Crippen molar-refractivity contribution in [1.29, 1.82) is 0 Å². The maximum atomic E-state index is 11.3. The minimum Gasteiger partial charge on any atom is -0.397 e. The van der Waals surface area contributed by atoms with Gasteiger partial charge in [0, 0.05) is 21.8 Å². The average Bonchev–Trinajstić information content (AvgIpc) is 2.73. The third-order valence-corrected chi connectivity index (χ3v) is 5.35. The molecule has 1 aromatic carbocycles. The van der Waals surface area contributed by atoms with Gasteiger partial charge < -0.3 is 10.6 Å².